The number of hydrogen-bond donors (Lipinski definition) is 4. The second kappa shape index (κ2) is 14.5. The Morgan fingerprint density at radius 2 is 1.85 bits per heavy atom. The molecule has 0 radical (unpaired) electrons. The Morgan fingerprint density at radius 1 is 1.15 bits per heavy atom. The van der Waals surface area contributed by atoms with Gasteiger partial charge in [0.1, 0.15) is 0 Å². The van der Waals surface area contributed by atoms with Crippen molar-refractivity contribution in [3.8, 4) is 0 Å². The van der Waals surface area contributed by atoms with Crippen LogP contribution in [0.25, 0.3) is 0 Å². The number of carbonyl (C=O) groups excluding carboxylic acids is 4. The second-order valence-corrected chi connectivity index (χ2v) is 8.85. The Kier molecular flexibility index (Phi) is 12.4. The van der Waals surface area contributed by atoms with Crippen molar-refractivity contribution < 1.29 is 29.1 Å². The third-order valence-corrected chi connectivity index (χ3v) is 5.84. The fourth-order valence-corrected chi connectivity index (χ4v) is 3.86. The summed E-state index contributed by atoms with van der Waals surface area (Å²) in [4.78, 5) is 61.7. The summed E-state index contributed by atoms with van der Waals surface area (Å²) in [6.07, 6.45) is 1.68. The first-order chi connectivity index (χ1) is 15.5. The molecule has 11 heteroatoms. The highest BCUT2D eigenvalue weighted by Crippen LogP contribution is 2.17. The predicted octanol–water partition coefficient (Wildman–Crippen LogP) is -0.444. The van der Waals surface area contributed by atoms with E-state index in [1.807, 2.05) is 32.6 Å². The summed E-state index contributed by atoms with van der Waals surface area (Å²) in [5, 5.41) is 17.2. The van der Waals surface area contributed by atoms with Gasteiger partial charge in [0.05, 0.1) is 13.1 Å². The van der Waals surface area contributed by atoms with Crippen LogP contribution in [0.3, 0.4) is 0 Å². The minimum atomic E-state index is -0.939. The van der Waals surface area contributed by atoms with Crippen molar-refractivity contribution in [1.29, 1.82) is 0 Å². The summed E-state index contributed by atoms with van der Waals surface area (Å²) in [7, 11) is 0. The summed E-state index contributed by atoms with van der Waals surface area (Å²) in [6.45, 7) is 9.21. The van der Waals surface area contributed by atoms with Gasteiger partial charge in [0.15, 0.2) is 0 Å². The smallest absolute Gasteiger partial charge is 0.303 e. The van der Waals surface area contributed by atoms with Gasteiger partial charge in [0.25, 0.3) is 0 Å². The SMILES string of the molecule is CCNC(=O)CN1C[C@@H](NC(=O)CN(C=O)CC(C)C(C)NC(=O)CCCC(=O)O)CC1C. The summed E-state index contributed by atoms with van der Waals surface area (Å²) >= 11 is 0. The number of carboxylic acids is 1. The number of carbonyl (C=O) groups is 5. The molecule has 0 spiro atoms. The Hall–Kier alpha value is -2.69. The van der Waals surface area contributed by atoms with Gasteiger partial charge < -0.3 is 26.0 Å². The van der Waals surface area contributed by atoms with Gasteiger partial charge in [-0.25, -0.2) is 0 Å². The lowest BCUT2D eigenvalue weighted by Crippen LogP contribution is -2.46. The maximum Gasteiger partial charge on any atom is 0.303 e. The molecule has 4 atom stereocenters. The number of nitrogens with one attached hydrogen (secondary N) is 3. The number of amides is 4. The zero-order valence-electron chi connectivity index (χ0n) is 20.1. The molecule has 1 heterocycles. The molecule has 1 rings (SSSR count). The van der Waals surface area contributed by atoms with Gasteiger partial charge in [0, 0.05) is 50.6 Å². The van der Waals surface area contributed by atoms with Gasteiger partial charge in [-0.15, -0.1) is 0 Å². The van der Waals surface area contributed by atoms with E-state index in [9.17, 15) is 24.0 Å². The van der Waals surface area contributed by atoms with Crippen LogP contribution in [0.4, 0.5) is 0 Å². The molecule has 0 aliphatic carbocycles. The molecule has 1 aliphatic heterocycles. The third-order valence-electron chi connectivity index (χ3n) is 5.84. The number of hydrogen-bond acceptors (Lipinski definition) is 6. The fraction of sp³-hybridized carbons (Fsp3) is 0.773. The molecule has 0 aromatic heterocycles. The van der Waals surface area contributed by atoms with Crippen LogP contribution in [0.5, 0.6) is 0 Å². The molecule has 1 fully saturated rings. The molecule has 0 aromatic carbocycles. The predicted molar refractivity (Wildman–Crippen MR) is 122 cm³/mol. The molecular weight excluding hydrogens is 430 g/mol. The minimum Gasteiger partial charge on any atom is -0.481 e. The average molecular weight is 470 g/mol. The first kappa shape index (κ1) is 28.3. The van der Waals surface area contributed by atoms with Crippen molar-refractivity contribution in [1.82, 2.24) is 25.8 Å². The highest BCUT2D eigenvalue weighted by atomic mass is 16.4. The zero-order valence-corrected chi connectivity index (χ0v) is 20.1. The van der Waals surface area contributed by atoms with E-state index in [1.54, 1.807) is 0 Å². The van der Waals surface area contributed by atoms with E-state index >= 15 is 0 Å². The highest BCUT2D eigenvalue weighted by Gasteiger charge is 2.31. The van der Waals surface area contributed by atoms with Gasteiger partial charge in [-0.3, -0.25) is 28.9 Å². The topological polar surface area (TPSA) is 148 Å². The standard InChI is InChI=1S/C22H39N5O6/c1-5-23-20(30)13-27-11-18(9-16(27)3)25-21(31)12-26(14-28)10-15(2)17(4)24-19(29)7-6-8-22(32)33/h14-18H,5-13H2,1-4H3,(H,23,30)(H,24,29)(H,25,31)(H,32,33)/t15?,16?,17?,18-/m0/s1. The lowest BCUT2D eigenvalue weighted by atomic mass is 10.0. The van der Waals surface area contributed by atoms with E-state index in [-0.39, 0.29) is 74.1 Å². The van der Waals surface area contributed by atoms with Gasteiger partial charge in [-0.2, -0.15) is 0 Å². The summed E-state index contributed by atoms with van der Waals surface area (Å²) < 4.78 is 0. The summed E-state index contributed by atoms with van der Waals surface area (Å²) in [5.74, 6) is -1.59. The lowest BCUT2D eigenvalue weighted by Gasteiger charge is -2.27. The maximum absolute atomic E-state index is 12.5. The molecular formula is C22H39N5O6. The van der Waals surface area contributed by atoms with Crippen LogP contribution in [-0.2, 0) is 24.0 Å². The van der Waals surface area contributed by atoms with Crippen molar-refractivity contribution in [2.24, 2.45) is 5.92 Å². The van der Waals surface area contributed by atoms with Crippen molar-refractivity contribution in [2.75, 3.05) is 32.7 Å². The monoisotopic (exact) mass is 469 g/mol. The Balaban J connectivity index is 2.42. The maximum atomic E-state index is 12.5. The largest absolute Gasteiger partial charge is 0.481 e. The summed E-state index contributed by atoms with van der Waals surface area (Å²) in [5.41, 5.74) is 0. The molecule has 4 N–H and O–H groups in total. The molecule has 188 valence electrons. The molecule has 1 aliphatic rings. The highest BCUT2D eigenvalue weighted by molar-refractivity contribution is 5.80. The minimum absolute atomic E-state index is 0.0412. The number of nitrogens with zero attached hydrogens (tertiary/aromatic N) is 2. The molecule has 4 amide bonds. The van der Waals surface area contributed by atoms with Crippen molar-refractivity contribution in [2.45, 2.75) is 71.5 Å². The fourth-order valence-electron chi connectivity index (χ4n) is 3.86. The lowest BCUT2D eigenvalue weighted by molar-refractivity contribution is -0.137. The van der Waals surface area contributed by atoms with E-state index in [4.69, 9.17) is 5.11 Å². The Labute approximate surface area is 195 Å². The molecule has 0 saturated carbocycles. The first-order valence-electron chi connectivity index (χ1n) is 11.6. The zero-order chi connectivity index (χ0) is 25.0. The summed E-state index contributed by atoms with van der Waals surface area (Å²) in [6, 6.07) is -0.164. The van der Waals surface area contributed by atoms with Crippen LogP contribution in [-0.4, -0.2) is 95.9 Å². The number of likely N-dealkylation sites (tertiary alicyclic amines) is 1. The molecule has 3 unspecified atom stereocenters. The molecule has 0 bridgehead atoms. The number of rotatable bonds is 15. The first-order valence-corrected chi connectivity index (χ1v) is 11.6. The average Bonchev–Trinajstić information content (AvgIpc) is 3.05. The third kappa shape index (κ3) is 11.1. The van der Waals surface area contributed by atoms with Gasteiger partial charge in [-0.05, 0) is 39.5 Å². The van der Waals surface area contributed by atoms with E-state index < -0.39 is 5.97 Å². The number of aliphatic carboxylic acids is 1. The molecule has 11 nitrogen and oxygen atoms in total. The second-order valence-electron chi connectivity index (χ2n) is 8.85. The van der Waals surface area contributed by atoms with Crippen LogP contribution >= 0.6 is 0 Å². The molecule has 0 aromatic rings. The van der Waals surface area contributed by atoms with Crippen LogP contribution < -0.4 is 16.0 Å². The quantitative estimate of drug-likeness (QED) is 0.238. The molecule has 33 heavy (non-hydrogen) atoms. The van der Waals surface area contributed by atoms with Crippen molar-refractivity contribution in [3.63, 3.8) is 0 Å². The van der Waals surface area contributed by atoms with Crippen LogP contribution in [0.1, 0.15) is 53.4 Å². The van der Waals surface area contributed by atoms with Crippen LogP contribution in [0.2, 0.25) is 0 Å². The number of carboxylic acid groups (broad SMARTS) is 1. The van der Waals surface area contributed by atoms with Crippen molar-refractivity contribution >= 4 is 30.1 Å². The normalized spacial score (nSPS) is 19.9. The molecule has 1 saturated heterocycles. The van der Waals surface area contributed by atoms with E-state index in [2.05, 4.69) is 16.0 Å². The van der Waals surface area contributed by atoms with Gasteiger partial charge in [0.2, 0.25) is 24.1 Å². The van der Waals surface area contributed by atoms with Crippen LogP contribution in [0, 0.1) is 5.92 Å². The van der Waals surface area contributed by atoms with Crippen molar-refractivity contribution in [3.05, 3.63) is 0 Å². The Morgan fingerprint density at radius 3 is 2.45 bits per heavy atom. The van der Waals surface area contributed by atoms with E-state index in [1.165, 1.54) is 4.90 Å². The van der Waals surface area contributed by atoms with Gasteiger partial charge in [-0.1, -0.05) is 6.92 Å². The number of likely N-dealkylation sites (N-methyl/N-ethyl adjacent to an activating group) is 1. The van der Waals surface area contributed by atoms with E-state index in [0.717, 1.165) is 6.42 Å². The van der Waals surface area contributed by atoms with E-state index in [0.29, 0.717) is 26.0 Å². The van der Waals surface area contributed by atoms with Crippen LogP contribution in [0.15, 0.2) is 0 Å². The van der Waals surface area contributed by atoms with Gasteiger partial charge >= 0.3 is 5.97 Å². The Bertz CT molecular complexity index is 688.